The first kappa shape index (κ1) is 14.0. The van der Waals surface area contributed by atoms with Crippen LogP contribution in [0.5, 0.6) is 5.75 Å². The molecule has 1 atom stereocenters. The van der Waals surface area contributed by atoms with Gasteiger partial charge >= 0.3 is 0 Å². The summed E-state index contributed by atoms with van der Waals surface area (Å²) in [5, 5.41) is 0. The van der Waals surface area contributed by atoms with Crippen LogP contribution in [0.15, 0.2) is 12.1 Å². The molecular formula is C14H23NO2. The SMILES string of the molecule is CCOc1cc(C)c(C(C)(CN)OC)cc1C. The number of benzene rings is 1. The van der Waals surface area contributed by atoms with Crippen LogP contribution in [-0.4, -0.2) is 20.3 Å². The third kappa shape index (κ3) is 2.79. The van der Waals surface area contributed by atoms with Crippen LogP contribution in [0, 0.1) is 13.8 Å². The van der Waals surface area contributed by atoms with Crippen molar-refractivity contribution in [2.24, 2.45) is 5.73 Å². The molecular weight excluding hydrogens is 214 g/mol. The molecule has 0 amide bonds. The van der Waals surface area contributed by atoms with Crippen LogP contribution in [0.4, 0.5) is 0 Å². The van der Waals surface area contributed by atoms with E-state index < -0.39 is 5.60 Å². The minimum atomic E-state index is -0.431. The number of ether oxygens (including phenoxy) is 2. The van der Waals surface area contributed by atoms with Crippen LogP contribution in [0.3, 0.4) is 0 Å². The van der Waals surface area contributed by atoms with Crippen LogP contribution in [0.1, 0.15) is 30.5 Å². The highest BCUT2D eigenvalue weighted by Crippen LogP contribution is 2.31. The Kier molecular flexibility index (Phi) is 4.54. The van der Waals surface area contributed by atoms with Gasteiger partial charge in [-0.15, -0.1) is 0 Å². The Morgan fingerprint density at radius 2 is 1.88 bits per heavy atom. The second kappa shape index (κ2) is 5.52. The van der Waals surface area contributed by atoms with Crippen LogP contribution in [0.2, 0.25) is 0 Å². The summed E-state index contributed by atoms with van der Waals surface area (Å²) in [6, 6.07) is 4.16. The van der Waals surface area contributed by atoms with Crippen molar-refractivity contribution >= 4 is 0 Å². The Labute approximate surface area is 104 Å². The van der Waals surface area contributed by atoms with Crippen molar-refractivity contribution in [3.8, 4) is 5.75 Å². The van der Waals surface area contributed by atoms with E-state index in [9.17, 15) is 0 Å². The van der Waals surface area contributed by atoms with Crippen molar-refractivity contribution in [3.63, 3.8) is 0 Å². The molecule has 0 saturated carbocycles. The lowest BCUT2D eigenvalue weighted by atomic mass is 9.90. The molecule has 0 bridgehead atoms. The Morgan fingerprint density at radius 1 is 1.24 bits per heavy atom. The maximum atomic E-state index is 5.81. The number of hydrogen-bond donors (Lipinski definition) is 1. The fraction of sp³-hybridized carbons (Fsp3) is 0.571. The van der Waals surface area contributed by atoms with Gasteiger partial charge in [0, 0.05) is 13.7 Å². The second-order valence-corrected chi connectivity index (χ2v) is 4.50. The largest absolute Gasteiger partial charge is 0.494 e. The van der Waals surface area contributed by atoms with E-state index in [1.807, 2.05) is 20.8 Å². The molecule has 1 unspecified atom stereocenters. The molecule has 0 heterocycles. The molecule has 0 spiro atoms. The average Bonchev–Trinajstić information content (AvgIpc) is 2.32. The zero-order valence-electron chi connectivity index (χ0n) is 11.5. The Hall–Kier alpha value is -1.06. The van der Waals surface area contributed by atoms with E-state index >= 15 is 0 Å². The first-order valence-electron chi connectivity index (χ1n) is 5.98. The summed E-state index contributed by atoms with van der Waals surface area (Å²) in [5.74, 6) is 0.934. The Balaban J connectivity index is 3.23. The molecule has 1 aromatic rings. The third-order valence-corrected chi connectivity index (χ3v) is 3.23. The van der Waals surface area contributed by atoms with E-state index in [1.54, 1.807) is 7.11 Å². The van der Waals surface area contributed by atoms with Gasteiger partial charge in [0.15, 0.2) is 0 Å². The predicted octanol–water partition coefficient (Wildman–Crippen LogP) is 2.52. The van der Waals surface area contributed by atoms with Crippen LogP contribution >= 0.6 is 0 Å². The van der Waals surface area contributed by atoms with E-state index in [0.29, 0.717) is 13.2 Å². The standard InChI is InChI=1S/C14H23NO2/c1-6-17-13-8-10(2)12(7-11(13)3)14(4,9-15)16-5/h7-8H,6,9,15H2,1-5H3. The van der Waals surface area contributed by atoms with Crippen molar-refractivity contribution in [1.82, 2.24) is 0 Å². The molecule has 0 aliphatic rings. The van der Waals surface area contributed by atoms with Gasteiger partial charge in [-0.1, -0.05) is 0 Å². The average molecular weight is 237 g/mol. The number of methoxy groups -OCH3 is 1. The number of aryl methyl sites for hydroxylation is 2. The molecule has 0 aliphatic heterocycles. The second-order valence-electron chi connectivity index (χ2n) is 4.50. The van der Waals surface area contributed by atoms with E-state index in [2.05, 4.69) is 19.1 Å². The maximum Gasteiger partial charge on any atom is 0.122 e. The van der Waals surface area contributed by atoms with Crippen molar-refractivity contribution in [1.29, 1.82) is 0 Å². The maximum absolute atomic E-state index is 5.81. The van der Waals surface area contributed by atoms with Crippen LogP contribution in [0.25, 0.3) is 0 Å². The minimum Gasteiger partial charge on any atom is -0.494 e. The van der Waals surface area contributed by atoms with Gasteiger partial charge in [0.05, 0.1) is 6.61 Å². The summed E-state index contributed by atoms with van der Waals surface area (Å²) in [6.07, 6.45) is 0. The molecule has 3 heteroatoms. The lowest BCUT2D eigenvalue weighted by Gasteiger charge is -2.29. The van der Waals surface area contributed by atoms with E-state index in [4.69, 9.17) is 15.2 Å². The van der Waals surface area contributed by atoms with Crippen LogP contribution in [-0.2, 0) is 10.3 Å². The summed E-state index contributed by atoms with van der Waals surface area (Å²) in [5.41, 5.74) is 8.77. The number of rotatable bonds is 5. The number of nitrogens with two attached hydrogens (primary N) is 1. The first-order chi connectivity index (χ1) is 7.98. The van der Waals surface area contributed by atoms with Gasteiger partial charge in [0.2, 0.25) is 0 Å². The smallest absolute Gasteiger partial charge is 0.122 e. The third-order valence-electron chi connectivity index (χ3n) is 3.23. The summed E-state index contributed by atoms with van der Waals surface area (Å²) in [7, 11) is 1.69. The van der Waals surface area contributed by atoms with Crippen LogP contribution < -0.4 is 10.5 Å². The van der Waals surface area contributed by atoms with Crippen molar-refractivity contribution < 1.29 is 9.47 Å². The summed E-state index contributed by atoms with van der Waals surface area (Å²) in [4.78, 5) is 0. The van der Waals surface area contributed by atoms with Crippen molar-refractivity contribution in [2.75, 3.05) is 20.3 Å². The van der Waals surface area contributed by atoms with Gasteiger partial charge in [-0.2, -0.15) is 0 Å². The zero-order valence-corrected chi connectivity index (χ0v) is 11.5. The quantitative estimate of drug-likeness (QED) is 0.856. The van der Waals surface area contributed by atoms with Crippen molar-refractivity contribution in [3.05, 3.63) is 28.8 Å². The molecule has 1 aromatic carbocycles. The monoisotopic (exact) mass is 237 g/mol. The molecule has 3 nitrogen and oxygen atoms in total. The Morgan fingerprint density at radius 3 is 2.35 bits per heavy atom. The van der Waals surface area contributed by atoms with Gasteiger partial charge in [-0.3, -0.25) is 0 Å². The fourth-order valence-electron chi connectivity index (χ4n) is 1.97. The highest BCUT2D eigenvalue weighted by atomic mass is 16.5. The fourth-order valence-corrected chi connectivity index (χ4v) is 1.97. The lowest BCUT2D eigenvalue weighted by Crippen LogP contribution is -2.34. The normalized spacial score (nSPS) is 14.5. The topological polar surface area (TPSA) is 44.5 Å². The van der Waals surface area contributed by atoms with Gasteiger partial charge < -0.3 is 15.2 Å². The summed E-state index contributed by atoms with van der Waals surface area (Å²) < 4.78 is 11.1. The highest BCUT2D eigenvalue weighted by Gasteiger charge is 2.26. The predicted molar refractivity (Wildman–Crippen MR) is 70.5 cm³/mol. The molecule has 0 aliphatic carbocycles. The summed E-state index contributed by atoms with van der Waals surface area (Å²) in [6.45, 7) is 9.23. The molecule has 1 rings (SSSR count). The molecule has 0 saturated heterocycles. The van der Waals surface area contributed by atoms with E-state index in [-0.39, 0.29) is 0 Å². The molecule has 0 radical (unpaired) electrons. The molecule has 2 N–H and O–H groups in total. The van der Waals surface area contributed by atoms with E-state index in [0.717, 1.165) is 22.4 Å². The van der Waals surface area contributed by atoms with Crippen molar-refractivity contribution in [2.45, 2.75) is 33.3 Å². The zero-order chi connectivity index (χ0) is 13.1. The van der Waals surface area contributed by atoms with Gasteiger partial charge in [0.1, 0.15) is 11.4 Å². The van der Waals surface area contributed by atoms with Gasteiger partial charge in [-0.25, -0.2) is 0 Å². The van der Waals surface area contributed by atoms with Gasteiger partial charge in [-0.05, 0) is 56.5 Å². The van der Waals surface area contributed by atoms with Gasteiger partial charge in [0.25, 0.3) is 0 Å². The first-order valence-corrected chi connectivity index (χ1v) is 5.98. The molecule has 96 valence electrons. The Bertz CT molecular complexity index is 384. The lowest BCUT2D eigenvalue weighted by molar-refractivity contribution is 0.00948. The minimum absolute atomic E-state index is 0.431. The molecule has 0 fully saturated rings. The molecule has 0 aromatic heterocycles. The van der Waals surface area contributed by atoms with E-state index in [1.165, 1.54) is 0 Å². The molecule has 17 heavy (non-hydrogen) atoms. The summed E-state index contributed by atoms with van der Waals surface area (Å²) >= 11 is 0. The highest BCUT2D eigenvalue weighted by molar-refractivity contribution is 5.44. The number of hydrogen-bond acceptors (Lipinski definition) is 3.